The summed E-state index contributed by atoms with van der Waals surface area (Å²) in [6.45, 7) is 7.64. The molecule has 1 unspecified atom stereocenters. The number of hydrogen-bond acceptors (Lipinski definition) is 4. The molecule has 1 aliphatic rings. The number of likely N-dealkylation sites (tertiary alicyclic amines) is 1. The zero-order valence-electron chi connectivity index (χ0n) is 12.8. The molecule has 1 fully saturated rings. The van der Waals surface area contributed by atoms with Gasteiger partial charge in [0.05, 0.1) is 4.92 Å². The molecule has 0 spiro atoms. The maximum atomic E-state index is 10.9. The number of rotatable bonds is 8. The first-order valence-electron chi connectivity index (χ1n) is 7.82. The summed E-state index contributed by atoms with van der Waals surface area (Å²) in [5.41, 5.74) is 1.03. The Balaban J connectivity index is 1.68. The van der Waals surface area contributed by atoms with E-state index >= 15 is 0 Å². The van der Waals surface area contributed by atoms with Gasteiger partial charge in [0.25, 0.3) is 5.69 Å². The molecule has 1 heterocycles. The molecule has 0 radical (unpaired) electrons. The van der Waals surface area contributed by atoms with Gasteiger partial charge in [-0.15, -0.1) is 0 Å². The fourth-order valence-corrected chi connectivity index (χ4v) is 2.94. The first-order chi connectivity index (χ1) is 10.2. The Bertz CT molecular complexity index is 459. The van der Waals surface area contributed by atoms with Gasteiger partial charge in [-0.2, -0.15) is 0 Å². The Morgan fingerprint density at radius 2 is 2.05 bits per heavy atom. The van der Waals surface area contributed by atoms with Crippen LogP contribution >= 0.6 is 0 Å². The summed E-state index contributed by atoms with van der Waals surface area (Å²) in [7, 11) is 0. The van der Waals surface area contributed by atoms with Crippen LogP contribution in [0.3, 0.4) is 0 Å². The fraction of sp³-hybridized carbons (Fsp3) is 0.625. The molecule has 1 aliphatic heterocycles. The van der Waals surface area contributed by atoms with Crippen molar-refractivity contribution < 1.29 is 4.92 Å². The van der Waals surface area contributed by atoms with Crippen molar-refractivity contribution in [3.05, 3.63) is 39.9 Å². The Kier molecular flexibility index (Phi) is 6.14. The van der Waals surface area contributed by atoms with Crippen LogP contribution in [0.15, 0.2) is 24.3 Å². The van der Waals surface area contributed by atoms with Gasteiger partial charge in [-0.3, -0.25) is 10.1 Å². The molecule has 1 aromatic rings. The van der Waals surface area contributed by atoms with E-state index in [4.69, 9.17) is 0 Å². The Labute approximate surface area is 126 Å². The van der Waals surface area contributed by atoms with Gasteiger partial charge in [0, 0.05) is 18.2 Å². The highest BCUT2D eigenvalue weighted by Crippen LogP contribution is 2.17. The predicted molar refractivity (Wildman–Crippen MR) is 84.5 cm³/mol. The van der Waals surface area contributed by atoms with E-state index in [0.29, 0.717) is 12.3 Å². The van der Waals surface area contributed by atoms with Gasteiger partial charge in [-0.1, -0.05) is 25.1 Å². The first-order valence-corrected chi connectivity index (χ1v) is 7.82. The van der Waals surface area contributed by atoms with Gasteiger partial charge in [0.2, 0.25) is 0 Å². The van der Waals surface area contributed by atoms with Crippen molar-refractivity contribution in [2.24, 2.45) is 5.92 Å². The van der Waals surface area contributed by atoms with Crippen molar-refractivity contribution >= 4 is 5.69 Å². The van der Waals surface area contributed by atoms with Gasteiger partial charge in [0.15, 0.2) is 0 Å². The standard InChI is InChI=1S/C16H25N3O2/c1-14(13-18-10-4-5-11-18)12-17-9-8-15-6-2-3-7-16(15)19(20)21/h2-3,6-7,14,17H,4-5,8-13H2,1H3. The molecule has 1 N–H and O–H groups in total. The maximum absolute atomic E-state index is 10.9. The van der Waals surface area contributed by atoms with Crippen molar-refractivity contribution in [3.63, 3.8) is 0 Å². The van der Waals surface area contributed by atoms with E-state index in [1.54, 1.807) is 12.1 Å². The van der Waals surface area contributed by atoms with E-state index in [1.807, 2.05) is 12.1 Å². The van der Waals surface area contributed by atoms with Crippen LogP contribution in [0, 0.1) is 16.0 Å². The minimum atomic E-state index is -0.300. The van der Waals surface area contributed by atoms with E-state index in [9.17, 15) is 10.1 Å². The van der Waals surface area contributed by atoms with E-state index in [-0.39, 0.29) is 10.6 Å². The van der Waals surface area contributed by atoms with Gasteiger partial charge < -0.3 is 10.2 Å². The topological polar surface area (TPSA) is 58.4 Å². The average Bonchev–Trinajstić information content (AvgIpc) is 2.96. The lowest BCUT2D eigenvalue weighted by atomic mass is 10.1. The molecule has 116 valence electrons. The summed E-state index contributed by atoms with van der Waals surface area (Å²) in [6, 6.07) is 6.99. The molecule has 0 amide bonds. The van der Waals surface area contributed by atoms with Crippen molar-refractivity contribution in [2.75, 3.05) is 32.7 Å². The summed E-state index contributed by atoms with van der Waals surface area (Å²) in [6.07, 6.45) is 3.36. The largest absolute Gasteiger partial charge is 0.316 e. The van der Waals surface area contributed by atoms with Crippen molar-refractivity contribution in [3.8, 4) is 0 Å². The van der Waals surface area contributed by atoms with Gasteiger partial charge in [0.1, 0.15) is 0 Å². The van der Waals surface area contributed by atoms with Crippen molar-refractivity contribution in [1.82, 2.24) is 10.2 Å². The van der Waals surface area contributed by atoms with E-state index < -0.39 is 0 Å². The highest BCUT2D eigenvalue weighted by Gasteiger charge is 2.15. The first kappa shape index (κ1) is 15.9. The lowest BCUT2D eigenvalue weighted by molar-refractivity contribution is -0.385. The van der Waals surface area contributed by atoms with Crippen LogP contribution in [0.5, 0.6) is 0 Å². The highest BCUT2D eigenvalue weighted by atomic mass is 16.6. The maximum Gasteiger partial charge on any atom is 0.272 e. The van der Waals surface area contributed by atoms with E-state index in [2.05, 4.69) is 17.1 Å². The molecule has 1 atom stereocenters. The third kappa shape index (κ3) is 5.10. The molecule has 2 rings (SSSR count). The molecular formula is C16H25N3O2. The van der Waals surface area contributed by atoms with Crippen LogP contribution in [0.1, 0.15) is 25.3 Å². The summed E-state index contributed by atoms with van der Waals surface area (Å²) >= 11 is 0. The third-order valence-electron chi connectivity index (χ3n) is 4.02. The summed E-state index contributed by atoms with van der Waals surface area (Å²) < 4.78 is 0. The molecular weight excluding hydrogens is 266 g/mol. The number of para-hydroxylation sites is 1. The molecule has 0 aromatic heterocycles. The predicted octanol–water partition coefficient (Wildman–Crippen LogP) is 2.46. The van der Waals surface area contributed by atoms with Crippen LogP contribution in [0.4, 0.5) is 5.69 Å². The number of nitro groups is 1. The SMILES string of the molecule is CC(CNCCc1ccccc1[N+](=O)[O-])CN1CCCC1. The quantitative estimate of drug-likeness (QED) is 0.454. The summed E-state index contributed by atoms with van der Waals surface area (Å²) in [4.78, 5) is 13.2. The lowest BCUT2D eigenvalue weighted by Crippen LogP contribution is -2.32. The number of benzene rings is 1. The van der Waals surface area contributed by atoms with Crippen LogP contribution in [-0.2, 0) is 6.42 Å². The number of hydrogen-bond donors (Lipinski definition) is 1. The van der Waals surface area contributed by atoms with Crippen molar-refractivity contribution in [1.29, 1.82) is 0 Å². The second-order valence-corrected chi connectivity index (χ2v) is 5.95. The fourth-order valence-electron chi connectivity index (χ4n) is 2.94. The molecule has 21 heavy (non-hydrogen) atoms. The molecule has 1 saturated heterocycles. The molecule has 0 saturated carbocycles. The molecule has 5 heteroatoms. The van der Waals surface area contributed by atoms with Gasteiger partial charge >= 0.3 is 0 Å². The monoisotopic (exact) mass is 291 g/mol. The van der Waals surface area contributed by atoms with E-state index in [0.717, 1.165) is 25.2 Å². The zero-order valence-corrected chi connectivity index (χ0v) is 12.8. The lowest BCUT2D eigenvalue weighted by Gasteiger charge is -2.20. The highest BCUT2D eigenvalue weighted by molar-refractivity contribution is 5.39. The third-order valence-corrected chi connectivity index (χ3v) is 4.02. The van der Waals surface area contributed by atoms with Crippen LogP contribution < -0.4 is 5.32 Å². The molecule has 5 nitrogen and oxygen atoms in total. The summed E-state index contributed by atoms with van der Waals surface area (Å²) in [5.74, 6) is 0.619. The molecule has 1 aromatic carbocycles. The van der Waals surface area contributed by atoms with E-state index in [1.165, 1.54) is 25.9 Å². The normalized spacial score (nSPS) is 17.0. The number of nitrogens with one attached hydrogen (secondary N) is 1. The number of nitro benzene ring substituents is 1. The Hall–Kier alpha value is -1.46. The Morgan fingerprint density at radius 3 is 2.76 bits per heavy atom. The molecule has 0 aliphatic carbocycles. The van der Waals surface area contributed by atoms with Crippen LogP contribution in [0.25, 0.3) is 0 Å². The Morgan fingerprint density at radius 1 is 1.33 bits per heavy atom. The minimum absolute atomic E-state index is 0.226. The smallest absolute Gasteiger partial charge is 0.272 e. The minimum Gasteiger partial charge on any atom is -0.316 e. The second-order valence-electron chi connectivity index (χ2n) is 5.95. The molecule has 0 bridgehead atoms. The van der Waals surface area contributed by atoms with Crippen LogP contribution in [-0.4, -0.2) is 42.5 Å². The second kappa shape index (κ2) is 8.10. The average molecular weight is 291 g/mol. The van der Waals surface area contributed by atoms with Gasteiger partial charge in [-0.25, -0.2) is 0 Å². The zero-order chi connectivity index (χ0) is 15.1. The van der Waals surface area contributed by atoms with Gasteiger partial charge in [-0.05, 0) is 51.4 Å². The van der Waals surface area contributed by atoms with Crippen LogP contribution in [0.2, 0.25) is 0 Å². The summed E-state index contributed by atoms with van der Waals surface area (Å²) in [5, 5.41) is 14.4. The number of nitrogens with zero attached hydrogens (tertiary/aromatic N) is 2. The van der Waals surface area contributed by atoms with Crippen molar-refractivity contribution in [2.45, 2.75) is 26.2 Å².